The van der Waals surface area contributed by atoms with Gasteiger partial charge in [-0.3, -0.25) is 9.13 Å². The van der Waals surface area contributed by atoms with E-state index < -0.39 is 0 Å². The number of furan rings is 1. The molecule has 8 aromatic carbocycles. The molecule has 0 aliphatic heterocycles. The monoisotopic (exact) mass is 713 g/mol. The molecule has 14 aromatic rings. The largest absolute Gasteiger partial charge is 0.450 e. The lowest BCUT2D eigenvalue weighted by molar-refractivity contribution is 0.661. The second-order valence-electron chi connectivity index (χ2n) is 15.0. The van der Waals surface area contributed by atoms with Crippen LogP contribution in [0.15, 0.2) is 168 Å². The smallest absolute Gasteiger partial charge is 0.237 e. The van der Waals surface area contributed by atoms with Crippen LogP contribution in [0.3, 0.4) is 0 Å². The highest BCUT2D eigenvalue weighted by molar-refractivity contribution is 6.36. The Kier molecular flexibility index (Phi) is 5.18. The molecule has 0 fully saturated rings. The van der Waals surface area contributed by atoms with E-state index in [1.54, 1.807) is 0 Å². The summed E-state index contributed by atoms with van der Waals surface area (Å²) in [4.78, 5) is 10.9. The van der Waals surface area contributed by atoms with Crippen molar-refractivity contribution in [3.8, 4) is 11.8 Å². The molecule has 6 heteroatoms. The van der Waals surface area contributed by atoms with Crippen molar-refractivity contribution < 1.29 is 4.42 Å². The van der Waals surface area contributed by atoms with Gasteiger partial charge >= 0.3 is 0 Å². The van der Waals surface area contributed by atoms with Crippen molar-refractivity contribution in [1.29, 1.82) is 0 Å². The van der Waals surface area contributed by atoms with Gasteiger partial charge in [-0.05, 0) is 65.4 Å². The van der Waals surface area contributed by atoms with Crippen LogP contribution in [0.1, 0.15) is 0 Å². The third kappa shape index (κ3) is 3.44. The molecule has 258 valence electrons. The molecule has 0 saturated carbocycles. The molecule has 56 heavy (non-hydrogen) atoms. The Bertz CT molecular complexity index is 3960. The number of aromatic nitrogens is 5. The van der Waals surface area contributed by atoms with E-state index in [4.69, 9.17) is 14.4 Å². The van der Waals surface area contributed by atoms with Crippen LogP contribution in [0.25, 0.3) is 126 Å². The van der Waals surface area contributed by atoms with Crippen LogP contribution >= 0.6 is 0 Å². The molecule has 0 unspecified atom stereocenters. The van der Waals surface area contributed by atoms with Crippen molar-refractivity contribution in [2.75, 3.05) is 0 Å². The minimum atomic E-state index is 0.599. The van der Waals surface area contributed by atoms with Crippen LogP contribution in [-0.4, -0.2) is 23.5 Å². The lowest BCUT2D eigenvalue weighted by Crippen LogP contribution is -2.06. The quantitative estimate of drug-likeness (QED) is 0.179. The maximum Gasteiger partial charge on any atom is 0.237 e. The Morgan fingerprint density at radius 2 is 0.964 bits per heavy atom. The Morgan fingerprint density at radius 3 is 1.70 bits per heavy atom. The summed E-state index contributed by atoms with van der Waals surface area (Å²) in [6.07, 6.45) is 0. The number of fused-ring (bicyclic) bond motifs is 17. The summed E-state index contributed by atoms with van der Waals surface area (Å²) in [6, 6.07) is 58.6. The second-order valence-corrected chi connectivity index (χ2v) is 15.0. The third-order valence-electron chi connectivity index (χ3n) is 12.1. The molecule has 6 heterocycles. The predicted molar refractivity (Wildman–Crippen MR) is 230 cm³/mol. The van der Waals surface area contributed by atoms with E-state index in [0.29, 0.717) is 17.3 Å². The minimum absolute atomic E-state index is 0.599. The van der Waals surface area contributed by atoms with Gasteiger partial charge in [0.2, 0.25) is 5.95 Å². The van der Waals surface area contributed by atoms with Gasteiger partial charge in [0.1, 0.15) is 11.1 Å². The normalized spacial score (nSPS) is 12.6. The highest BCUT2D eigenvalue weighted by Gasteiger charge is 2.27. The Balaban J connectivity index is 1.22. The zero-order valence-electron chi connectivity index (χ0n) is 29.7. The van der Waals surface area contributed by atoms with Gasteiger partial charge in [0.25, 0.3) is 0 Å². The highest BCUT2D eigenvalue weighted by Crippen LogP contribution is 2.48. The lowest BCUT2D eigenvalue weighted by atomic mass is 10.0. The van der Waals surface area contributed by atoms with Crippen molar-refractivity contribution in [2.24, 2.45) is 0 Å². The zero-order chi connectivity index (χ0) is 36.2. The van der Waals surface area contributed by atoms with E-state index in [0.717, 1.165) is 49.3 Å². The third-order valence-corrected chi connectivity index (χ3v) is 12.1. The van der Waals surface area contributed by atoms with E-state index in [-0.39, 0.29) is 0 Å². The minimum Gasteiger partial charge on any atom is -0.450 e. The Morgan fingerprint density at radius 1 is 0.393 bits per heavy atom. The van der Waals surface area contributed by atoms with E-state index in [9.17, 15) is 0 Å². The van der Waals surface area contributed by atoms with Gasteiger partial charge in [0.15, 0.2) is 11.4 Å². The number of benzene rings is 8. The molecular formula is C50H27N5O. The summed E-state index contributed by atoms with van der Waals surface area (Å²) in [5.41, 5.74) is 10.1. The van der Waals surface area contributed by atoms with E-state index in [1.807, 2.05) is 12.1 Å². The van der Waals surface area contributed by atoms with Crippen LogP contribution in [-0.2, 0) is 0 Å². The summed E-state index contributed by atoms with van der Waals surface area (Å²) < 4.78 is 13.8. The van der Waals surface area contributed by atoms with Crippen molar-refractivity contribution in [1.82, 2.24) is 23.5 Å². The molecule has 0 saturated heterocycles. The zero-order valence-corrected chi connectivity index (χ0v) is 29.7. The Hall–Kier alpha value is -7.70. The topological polar surface area (TPSA) is 53.2 Å². The average Bonchev–Trinajstić information content (AvgIpc) is 4.04. The molecule has 0 aliphatic carbocycles. The van der Waals surface area contributed by atoms with Crippen molar-refractivity contribution in [3.63, 3.8) is 0 Å². The van der Waals surface area contributed by atoms with Gasteiger partial charge in [-0.15, -0.1) is 0 Å². The van der Waals surface area contributed by atoms with Gasteiger partial charge in [0.05, 0.1) is 38.6 Å². The van der Waals surface area contributed by atoms with E-state index in [1.165, 1.54) is 59.6 Å². The van der Waals surface area contributed by atoms with Crippen LogP contribution < -0.4 is 0 Å². The molecule has 0 radical (unpaired) electrons. The average molecular weight is 714 g/mol. The van der Waals surface area contributed by atoms with Crippen LogP contribution in [0.5, 0.6) is 0 Å². The molecule has 6 aromatic heterocycles. The van der Waals surface area contributed by atoms with Gasteiger partial charge in [-0.2, -0.15) is 4.98 Å². The molecule has 0 aliphatic rings. The first-order chi connectivity index (χ1) is 27.8. The predicted octanol–water partition coefficient (Wildman–Crippen LogP) is 12.9. The van der Waals surface area contributed by atoms with Gasteiger partial charge in [-0.25, -0.2) is 4.98 Å². The molecule has 0 N–H and O–H groups in total. The molecule has 6 nitrogen and oxygen atoms in total. The first-order valence-corrected chi connectivity index (χ1v) is 19.0. The fraction of sp³-hybridized carbons (Fsp3) is 0. The Labute approximate surface area is 317 Å². The number of hydrogen-bond acceptors (Lipinski definition) is 3. The van der Waals surface area contributed by atoms with Crippen LogP contribution in [0, 0.1) is 0 Å². The molecule has 0 spiro atoms. The van der Waals surface area contributed by atoms with Crippen molar-refractivity contribution >= 4 is 115 Å². The van der Waals surface area contributed by atoms with Gasteiger partial charge < -0.3 is 8.82 Å². The molecule has 0 atom stereocenters. The van der Waals surface area contributed by atoms with Crippen molar-refractivity contribution in [3.05, 3.63) is 164 Å². The highest BCUT2D eigenvalue weighted by atomic mass is 16.3. The number of para-hydroxylation sites is 5. The van der Waals surface area contributed by atoms with Crippen LogP contribution in [0.4, 0.5) is 0 Å². The van der Waals surface area contributed by atoms with Crippen LogP contribution in [0.2, 0.25) is 0 Å². The lowest BCUT2D eigenvalue weighted by Gasteiger charge is -2.12. The molecule has 0 bridgehead atoms. The summed E-state index contributed by atoms with van der Waals surface area (Å²) in [6.45, 7) is 0. The van der Waals surface area contributed by atoms with Crippen molar-refractivity contribution in [2.45, 2.75) is 0 Å². The maximum atomic E-state index is 6.81. The van der Waals surface area contributed by atoms with E-state index in [2.05, 4.69) is 165 Å². The molecule has 0 amide bonds. The standard InChI is InChI=1S/C50H27N5O/c1-2-14-29-26-41-35(25-28(29)13-1)36-27-42-44(45-33-18-6-10-22-39(33)53(41)47(36)45)32-17-5-11-23-40(32)54(42)49-48-46(34-19-7-12-24-43(34)56-48)51-50(52-49)55-37-20-8-3-15-30(37)31-16-4-9-21-38(31)55/h1-27H. The SMILES string of the molecule is c1ccc2cc3c(cc2c1)c1cc2c(c4ccccc4n2-c2nc(-n4c5ccccc5c5ccccc54)nc4c2oc2ccccc24)c2c4ccccc4n3c12. The fourth-order valence-electron chi connectivity index (χ4n) is 9.88. The van der Waals surface area contributed by atoms with Gasteiger partial charge in [-0.1, -0.05) is 109 Å². The molecule has 14 rings (SSSR count). The summed E-state index contributed by atoms with van der Waals surface area (Å²) in [5.74, 6) is 1.31. The summed E-state index contributed by atoms with van der Waals surface area (Å²) >= 11 is 0. The molecular weight excluding hydrogens is 687 g/mol. The summed E-state index contributed by atoms with van der Waals surface area (Å²) in [5, 5.41) is 13.0. The second kappa shape index (κ2) is 10.1. The van der Waals surface area contributed by atoms with E-state index >= 15 is 0 Å². The number of hydrogen-bond donors (Lipinski definition) is 0. The first kappa shape index (κ1) is 28.8. The fourth-order valence-corrected chi connectivity index (χ4v) is 9.88. The summed E-state index contributed by atoms with van der Waals surface area (Å²) in [7, 11) is 0. The van der Waals surface area contributed by atoms with Gasteiger partial charge in [0, 0.05) is 48.5 Å². The maximum absolute atomic E-state index is 6.81. The number of nitrogens with zero attached hydrogens (tertiary/aromatic N) is 5. The number of rotatable bonds is 2. The first-order valence-electron chi connectivity index (χ1n) is 19.0.